The van der Waals surface area contributed by atoms with Crippen LogP contribution in [0.15, 0.2) is 11.6 Å². The van der Waals surface area contributed by atoms with Crippen LogP contribution in [0.2, 0.25) is 0 Å². The molecule has 0 heterocycles. The molecular formula is C18H18F4O4. The number of hydrogen-bond acceptors (Lipinski definition) is 3. The van der Waals surface area contributed by atoms with E-state index in [9.17, 15) is 27.2 Å². The Morgan fingerprint density at radius 3 is 1.96 bits per heavy atom. The number of aliphatic carboxylic acids is 1. The van der Waals surface area contributed by atoms with Crippen molar-refractivity contribution < 1.29 is 37.0 Å². The minimum absolute atomic E-state index is 0.0858. The molecule has 1 aromatic rings. The summed E-state index contributed by atoms with van der Waals surface area (Å²) in [7, 11) is 0. The molecule has 1 aliphatic carbocycles. The molecule has 1 unspecified atom stereocenters. The van der Waals surface area contributed by atoms with E-state index in [1.807, 2.05) is 0 Å². The first-order chi connectivity index (χ1) is 11.9. The highest BCUT2D eigenvalue weighted by molar-refractivity contribution is 5.90. The van der Waals surface area contributed by atoms with Gasteiger partial charge in [-0.05, 0) is 25.7 Å². The van der Waals surface area contributed by atoms with Crippen molar-refractivity contribution in [1.29, 1.82) is 0 Å². The Balaban J connectivity index is 2.29. The molecule has 1 N–H and O–H groups in total. The molecule has 1 atom stereocenters. The second-order valence-electron chi connectivity index (χ2n) is 7.10. The summed E-state index contributed by atoms with van der Waals surface area (Å²) < 4.78 is 59.8. The molecule has 2 rings (SSSR count). The van der Waals surface area contributed by atoms with Crippen LogP contribution in [0.3, 0.4) is 0 Å². The van der Waals surface area contributed by atoms with Crippen molar-refractivity contribution in [2.45, 2.75) is 40.7 Å². The maximum absolute atomic E-state index is 13.9. The Kier molecular flexibility index (Phi) is 4.91. The van der Waals surface area contributed by atoms with Crippen LogP contribution in [0.5, 0.6) is 0 Å². The third-order valence-corrected chi connectivity index (χ3v) is 4.89. The smallest absolute Gasteiger partial charge is 0.330 e. The zero-order chi connectivity index (χ0) is 20.0. The van der Waals surface area contributed by atoms with Gasteiger partial charge in [0.05, 0.1) is 11.0 Å². The number of benzene rings is 1. The molecule has 26 heavy (non-hydrogen) atoms. The van der Waals surface area contributed by atoms with Gasteiger partial charge in [-0.1, -0.05) is 19.9 Å². The first-order valence-corrected chi connectivity index (χ1v) is 7.77. The van der Waals surface area contributed by atoms with E-state index < -0.39 is 63.8 Å². The number of rotatable bonds is 5. The zero-order valence-electron chi connectivity index (χ0n) is 14.7. The van der Waals surface area contributed by atoms with Crippen LogP contribution in [0.25, 0.3) is 0 Å². The second-order valence-corrected chi connectivity index (χ2v) is 7.10. The van der Waals surface area contributed by atoms with Gasteiger partial charge in [0.15, 0.2) is 23.3 Å². The number of carbonyl (C=O) groups excluding carboxylic acids is 1. The molecule has 0 saturated heterocycles. The van der Waals surface area contributed by atoms with Crippen LogP contribution in [0.1, 0.15) is 38.3 Å². The highest BCUT2D eigenvalue weighted by Gasteiger charge is 2.66. The fraction of sp³-hybridized carbons (Fsp3) is 0.444. The molecule has 1 aromatic carbocycles. The van der Waals surface area contributed by atoms with E-state index in [2.05, 4.69) is 0 Å². The largest absolute Gasteiger partial charge is 0.478 e. The van der Waals surface area contributed by atoms with Crippen molar-refractivity contribution in [3.63, 3.8) is 0 Å². The van der Waals surface area contributed by atoms with E-state index in [0.717, 1.165) is 6.92 Å². The molecule has 0 spiro atoms. The fourth-order valence-electron chi connectivity index (χ4n) is 2.92. The normalized spacial score (nSPS) is 21.5. The molecule has 142 valence electrons. The maximum atomic E-state index is 13.9. The maximum Gasteiger partial charge on any atom is 0.330 e. The van der Waals surface area contributed by atoms with Crippen molar-refractivity contribution in [2.75, 3.05) is 0 Å². The lowest BCUT2D eigenvalue weighted by Crippen LogP contribution is -2.24. The Hall–Kier alpha value is -2.38. The molecule has 1 fully saturated rings. The third kappa shape index (κ3) is 3.08. The first kappa shape index (κ1) is 19.9. The molecule has 0 aromatic heterocycles. The lowest BCUT2D eigenvalue weighted by molar-refractivity contribution is -0.151. The molecule has 0 amide bonds. The highest BCUT2D eigenvalue weighted by atomic mass is 19.2. The molecule has 8 heteroatoms. The fourth-order valence-corrected chi connectivity index (χ4v) is 2.92. The second kappa shape index (κ2) is 6.41. The van der Waals surface area contributed by atoms with Crippen LogP contribution in [-0.4, -0.2) is 17.0 Å². The Morgan fingerprint density at radius 1 is 1.12 bits per heavy atom. The van der Waals surface area contributed by atoms with Gasteiger partial charge in [0.25, 0.3) is 0 Å². The van der Waals surface area contributed by atoms with E-state index in [-0.39, 0.29) is 12.0 Å². The van der Waals surface area contributed by atoms with Gasteiger partial charge in [-0.3, -0.25) is 4.79 Å². The van der Waals surface area contributed by atoms with Crippen LogP contribution in [0.4, 0.5) is 17.6 Å². The number of esters is 1. The van der Waals surface area contributed by atoms with Gasteiger partial charge in [-0.25, -0.2) is 22.4 Å². The molecule has 0 bridgehead atoms. The predicted molar refractivity (Wildman–Crippen MR) is 83.0 cm³/mol. The summed E-state index contributed by atoms with van der Waals surface area (Å²) in [5.41, 5.74) is -3.83. The topological polar surface area (TPSA) is 63.6 Å². The molecular weight excluding hydrogens is 356 g/mol. The first-order valence-electron chi connectivity index (χ1n) is 7.77. The van der Waals surface area contributed by atoms with Crippen molar-refractivity contribution in [3.05, 3.63) is 46.0 Å². The number of ether oxygens (including phenoxy) is 1. The van der Waals surface area contributed by atoms with E-state index in [1.165, 1.54) is 13.0 Å². The minimum Gasteiger partial charge on any atom is -0.478 e. The van der Waals surface area contributed by atoms with E-state index in [1.54, 1.807) is 13.8 Å². The molecule has 4 nitrogen and oxygen atoms in total. The lowest BCUT2D eigenvalue weighted by Gasteiger charge is -2.17. The van der Waals surface area contributed by atoms with Crippen LogP contribution >= 0.6 is 0 Å². The standard InChI is InChI=1S/C18H18F4O4/c1-8(15(23)24)5-18(7-17(18,3)4)16(25)26-6-10-13(21)11(19)9(2)12(20)14(10)22/h5H,6-7H2,1-4H3,(H,23,24). The van der Waals surface area contributed by atoms with E-state index in [4.69, 9.17) is 9.84 Å². The molecule has 0 aliphatic heterocycles. The van der Waals surface area contributed by atoms with E-state index in [0.29, 0.717) is 0 Å². The van der Waals surface area contributed by atoms with Crippen molar-refractivity contribution in [3.8, 4) is 0 Å². The van der Waals surface area contributed by atoms with Crippen LogP contribution < -0.4 is 0 Å². The quantitative estimate of drug-likeness (QED) is 0.366. The number of carbonyl (C=O) groups is 2. The predicted octanol–water partition coefficient (Wildman–Crippen LogP) is 4.04. The minimum atomic E-state index is -1.63. The highest BCUT2D eigenvalue weighted by Crippen LogP contribution is 2.65. The Bertz CT molecular complexity index is 800. The van der Waals surface area contributed by atoms with Gasteiger partial charge < -0.3 is 9.84 Å². The van der Waals surface area contributed by atoms with Crippen molar-refractivity contribution in [2.24, 2.45) is 10.8 Å². The summed E-state index contributed by atoms with van der Waals surface area (Å²) in [6.07, 6.45) is 1.51. The molecule has 1 aliphatic rings. The van der Waals surface area contributed by atoms with Gasteiger partial charge in [-0.2, -0.15) is 0 Å². The van der Waals surface area contributed by atoms with Crippen LogP contribution in [-0.2, 0) is 20.9 Å². The van der Waals surface area contributed by atoms with E-state index >= 15 is 0 Å². The number of hydrogen-bond donors (Lipinski definition) is 1. The van der Waals surface area contributed by atoms with Gasteiger partial charge in [0.1, 0.15) is 6.61 Å². The zero-order valence-corrected chi connectivity index (χ0v) is 14.7. The summed E-state index contributed by atoms with van der Waals surface area (Å²) in [4.78, 5) is 23.5. The average molecular weight is 374 g/mol. The summed E-state index contributed by atoms with van der Waals surface area (Å²) in [6.45, 7) is 4.57. The number of carboxylic acid groups (broad SMARTS) is 1. The molecule has 0 radical (unpaired) electrons. The van der Waals surface area contributed by atoms with Gasteiger partial charge in [0.2, 0.25) is 0 Å². The summed E-state index contributed by atoms with van der Waals surface area (Å²) >= 11 is 0. The summed E-state index contributed by atoms with van der Waals surface area (Å²) in [5.74, 6) is -8.51. The monoisotopic (exact) mass is 374 g/mol. The Labute approximate surface area is 147 Å². The number of carboxylic acids is 1. The van der Waals surface area contributed by atoms with Gasteiger partial charge in [0, 0.05) is 11.1 Å². The third-order valence-electron chi connectivity index (χ3n) is 4.89. The van der Waals surface area contributed by atoms with Crippen molar-refractivity contribution >= 4 is 11.9 Å². The lowest BCUT2D eigenvalue weighted by atomic mass is 9.93. The summed E-state index contributed by atoms with van der Waals surface area (Å²) in [5, 5.41) is 8.99. The molecule has 1 saturated carbocycles. The van der Waals surface area contributed by atoms with Crippen LogP contribution in [0, 0.1) is 41.0 Å². The Morgan fingerprint density at radius 2 is 1.58 bits per heavy atom. The SMILES string of the molecule is CC(=CC1(C(=O)OCc2c(F)c(F)c(C)c(F)c2F)CC1(C)C)C(=O)O. The van der Waals surface area contributed by atoms with Gasteiger partial charge >= 0.3 is 11.9 Å². The van der Waals surface area contributed by atoms with Crippen molar-refractivity contribution in [1.82, 2.24) is 0 Å². The number of halogens is 4. The summed E-state index contributed by atoms with van der Waals surface area (Å²) in [6, 6.07) is 0. The average Bonchev–Trinajstić information content (AvgIpc) is 3.12. The van der Waals surface area contributed by atoms with Gasteiger partial charge in [-0.15, -0.1) is 0 Å².